The second kappa shape index (κ2) is 5.46. The van der Waals surface area contributed by atoms with E-state index in [1.165, 1.54) is 12.8 Å². The Morgan fingerprint density at radius 1 is 1.30 bits per heavy atom. The lowest BCUT2D eigenvalue weighted by Gasteiger charge is -2.03. The minimum atomic E-state index is -0.0562. The lowest BCUT2D eigenvalue weighted by Crippen LogP contribution is -2.14. The van der Waals surface area contributed by atoms with Gasteiger partial charge < -0.3 is 11.1 Å². The second-order valence-corrected chi connectivity index (χ2v) is 5.23. The van der Waals surface area contributed by atoms with Crippen LogP contribution in [0.1, 0.15) is 35.6 Å². The van der Waals surface area contributed by atoms with Gasteiger partial charge >= 0.3 is 0 Å². The van der Waals surface area contributed by atoms with E-state index in [-0.39, 0.29) is 5.91 Å². The molecule has 1 aromatic carbocycles. The van der Waals surface area contributed by atoms with Gasteiger partial charge in [0.15, 0.2) is 5.82 Å². The van der Waals surface area contributed by atoms with Crippen molar-refractivity contribution in [2.75, 3.05) is 5.32 Å². The van der Waals surface area contributed by atoms with Gasteiger partial charge in [-0.1, -0.05) is 24.3 Å². The smallest absolute Gasteiger partial charge is 0.229 e. The van der Waals surface area contributed by atoms with Crippen LogP contribution in [0.5, 0.6) is 0 Å². The molecule has 0 bridgehead atoms. The first-order valence-electron chi connectivity index (χ1n) is 6.87. The standard InChI is InChI=1S/C15H18N4O/c16-9-11-3-1-10(2-4-11)7-15(20)17-14-8-13(18-19-14)12-5-6-12/h1-4,8,12H,5-7,9,16H2,(H2,17,18,19,20). The highest BCUT2D eigenvalue weighted by Gasteiger charge is 2.25. The molecule has 1 aromatic heterocycles. The van der Waals surface area contributed by atoms with Crippen LogP contribution in [0.4, 0.5) is 5.82 Å². The van der Waals surface area contributed by atoms with Crippen LogP contribution in [0, 0.1) is 0 Å². The van der Waals surface area contributed by atoms with Gasteiger partial charge in [0.05, 0.1) is 6.42 Å². The van der Waals surface area contributed by atoms with E-state index < -0.39 is 0 Å². The molecule has 104 valence electrons. The van der Waals surface area contributed by atoms with E-state index in [0.717, 1.165) is 16.8 Å². The fraction of sp³-hybridized carbons (Fsp3) is 0.333. The predicted octanol–water partition coefficient (Wildman–Crippen LogP) is 1.93. The molecule has 5 heteroatoms. The summed E-state index contributed by atoms with van der Waals surface area (Å²) in [4.78, 5) is 11.9. The molecule has 1 aliphatic carbocycles. The third-order valence-corrected chi connectivity index (χ3v) is 3.51. The third-order valence-electron chi connectivity index (χ3n) is 3.51. The van der Waals surface area contributed by atoms with Gasteiger partial charge in [-0.3, -0.25) is 9.89 Å². The van der Waals surface area contributed by atoms with E-state index in [1.54, 1.807) is 0 Å². The number of nitrogens with one attached hydrogen (secondary N) is 2. The molecule has 3 rings (SSSR count). The Morgan fingerprint density at radius 2 is 2.00 bits per heavy atom. The van der Waals surface area contributed by atoms with Crippen LogP contribution in [0.3, 0.4) is 0 Å². The monoisotopic (exact) mass is 270 g/mol. The van der Waals surface area contributed by atoms with E-state index in [4.69, 9.17) is 5.73 Å². The first kappa shape index (κ1) is 12.9. The van der Waals surface area contributed by atoms with Gasteiger partial charge in [0, 0.05) is 24.2 Å². The molecule has 2 aromatic rings. The molecule has 4 N–H and O–H groups in total. The van der Waals surface area contributed by atoms with E-state index in [1.807, 2.05) is 30.3 Å². The van der Waals surface area contributed by atoms with Crippen LogP contribution >= 0.6 is 0 Å². The SMILES string of the molecule is NCc1ccc(CC(=O)Nc2cc(C3CC3)[nH]n2)cc1. The average Bonchev–Trinajstić information content (AvgIpc) is 3.20. The molecule has 20 heavy (non-hydrogen) atoms. The molecule has 0 saturated heterocycles. The summed E-state index contributed by atoms with van der Waals surface area (Å²) in [5.74, 6) is 1.16. The highest BCUT2D eigenvalue weighted by atomic mass is 16.1. The quantitative estimate of drug-likeness (QED) is 0.776. The van der Waals surface area contributed by atoms with Crippen LogP contribution in [0.2, 0.25) is 0 Å². The molecular formula is C15H18N4O. The number of hydrogen-bond donors (Lipinski definition) is 3. The molecular weight excluding hydrogens is 252 g/mol. The minimum absolute atomic E-state index is 0.0562. The summed E-state index contributed by atoms with van der Waals surface area (Å²) < 4.78 is 0. The second-order valence-electron chi connectivity index (χ2n) is 5.23. The summed E-state index contributed by atoms with van der Waals surface area (Å²) in [7, 11) is 0. The predicted molar refractivity (Wildman–Crippen MR) is 77.2 cm³/mol. The summed E-state index contributed by atoms with van der Waals surface area (Å²) in [6.07, 6.45) is 2.77. The minimum Gasteiger partial charge on any atom is -0.326 e. The maximum Gasteiger partial charge on any atom is 0.229 e. The number of amides is 1. The van der Waals surface area contributed by atoms with Crippen LogP contribution < -0.4 is 11.1 Å². The average molecular weight is 270 g/mol. The molecule has 0 unspecified atom stereocenters. The van der Waals surface area contributed by atoms with Crippen LogP contribution in [-0.2, 0) is 17.8 Å². The highest BCUT2D eigenvalue weighted by Crippen LogP contribution is 2.39. The van der Waals surface area contributed by atoms with Crippen molar-refractivity contribution in [3.63, 3.8) is 0 Å². The van der Waals surface area contributed by atoms with Crippen LogP contribution in [0.15, 0.2) is 30.3 Å². The van der Waals surface area contributed by atoms with Gasteiger partial charge in [0.25, 0.3) is 0 Å². The number of aromatic amines is 1. The molecule has 1 amide bonds. The molecule has 5 nitrogen and oxygen atoms in total. The number of H-pyrrole nitrogens is 1. The van der Waals surface area contributed by atoms with Crippen molar-refractivity contribution in [1.29, 1.82) is 0 Å². The van der Waals surface area contributed by atoms with E-state index in [0.29, 0.717) is 24.7 Å². The van der Waals surface area contributed by atoms with Gasteiger partial charge in [0.2, 0.25) is 5.91 Å². The molecule has 0 radical (unpaired) electrons. The number of carbonyl (C=O) groups excluding carboxylic acids is 1. The van der Waals surface area contributed by atoms with Crippen molar-refractivity contribution >= 4 is 11.7 Å². The van der Waals surface area contributed by atoms with Gasteiger partial charge in [-0.2, -0.15) is 5.10 Å². The number of carbonyl (C=O) groups is 1. The molecule has 1 saturated carbocycles. The Labute approximate surface area is 117 Å². The van der Waals surface area contributed by atoms with Gasteiger partial charge in [-0.15, -0.1) is 0 Å². The van der Waals surface area contributed by atoms with Gasteiger partial charge in [-0.05, 0) is 24.0 Å². The summed E-state index contributed by atoms with van der Waals surface area (Å²) in [5, 5.41) is 9.90. The number of anilines is 1. The summed E-state index contributed by atoms with van der Waals surface area (Å²) in [6, 6.07) is 9.68. The fourth-order valence-corrected chi connectivity index (χ4v) is 2.17. The molecule has 1 heterocycles. The zero-order valence-corrected chi connectivity index (χ0v) is 11.2. The molecule has 0 spiro atoms. The number of benzene rings is 1. The van der Waals surface area contributed by atoms with E-state index >= 15 is 0 Å². The fourth-order valence-electron chi connectivity index (χ4n) is 2.17. The maximum absolute atomic E-state index is 11.9. The Bertz CT molecular complexity index is 599. The zero-order chi connectivity index (χ0) is 13.9. The van der Waals surface area contributed by atoms with Gasteiger partial charge in [0.1, 0.15) is 0 Å². The lowest BCUT2D eigenvalue weighted by atomic mass is 10.1. The molecule has 0 atom stereocenters. The maximum atomic E-state index is 11.9. The first-order chi connectivity index (χ1) is 9.74. The molecule has 0 aliphatic heterocycles. The van der Waals surface area contributed by atoms with E-state index in [2.05, 4.69) is 15.5 Å². The molecule has 1 aliphatic rings. The number of nitrogens with two attached hydrogens (primary N) is 1. The van der Waals surface area contributed by atoms with Crippen molar-refractivity contribution in [3.05, 3.63) is 47.2 Å². The lowest BCUT2D eigenvalue weighted by molar-refractivity contribution is -0.115. The summed E-state index contributed by atoms with van der Waals surface area (Å²) >= 11 is 0. The number of aromatic nitrogens is 2. The van der Waals surface area contributed by atoms with Gasteiger partial charge in [-0.25, -0.2) is 0 Å². The Hall–Kier alpha value is -2.14. The first-order valence-corrected chi connectivity index (χ1v) is 6.87. The topological polar surface area (TPSA) is 83.8 Å². The summed E-state index contributed by atoms with van der Waals surface area (Å²) in [6.45, 7) is 0.518. The van der Waals surface area contributed by atoms with E-state index in [9.17, 15) is 4.79 Å². The Balaban J connectivity index is 1.57. The van der Waals surface area contributed by atoms with Crippen molar-refractivity contribution < 1.29 is 4.79 Å². The van der Waals surface area contributed by atoms with Crippen molar-refractivity contribution in [3.8, 4) is 0 Å². The molecule has 1 fully saturated rings. The van der Waals surface area contributed by atoms with Crippen LogP contribution in [-0.4, -0.2) is 16.1 Å². The Morgan fingerprint density at radius 3 is 2.65 bits per heavy atom. The number of nitrogens with zero attached hydrogens (tertiary/aromatic N) is 1. The number of rotatable bonds is 5. The van der Waals surface area contributed by atoms with Crippen molar-refractivity contribution in [2.24, 2.45) is 5.73 Å². The Kier molecular flexibility index (Phi) is 3.52. The van der Waals surface area contributed by atoms with Crippen molar-refractivity contribution in [1.82, 2.24) is 10.2 Å². The largest absolute Gasteiger partial charge is 0.326 e. The number of hydrogen-bond acceptors (Lipinski definition) is 3. The summed E-state index contributed by atoms with van der Waals surface area (Å²) in [5.41, 5.74) is 8.70. The third kappa shape index (κ3) is 3.05. The normalized spacial score (nSPS) is 14.2. The zero-order valence-electron chi connectivity index (χ0n) is 11.2. The van der Waals surface area contributed by atoms with Crippen molar-refractivity contribution in [2.45, 2.75) is 31.7 Å². The highest BCUT2D eigenvalue weighted by molar-refractivity contribution is 5.91. The van der Waals surface area contributed by atoms with Crippen LogP contribution in [0.25, 0.3) is 0 Å².